The number of benzene rings is 2. The van der Waals surface area contributed by atoms with Gasteiger partial charge < -0.3 is 10.2 Å². The summed E-state index contributed by atoms with van der Waals surface area (Å²) in [5.41, 5.74) is 3.15. The van der Waals surface area contributed by atoms with Gasteiger partial charge in [0, 0.05) is 30.9 Å². The van der Waals surface area contributed by atoms with Gasteiger partial charge in [-0.3, -0.25) is 4.79 Å². The second kappa shape index (κ2) is 8.86. The number of rotatable bonds is 5. The van der Waals surface area contributed by atoms with Crippen LogP contribution in [0.3, 0.4) is 0 Å². The fourth-order valence-corrected chi connectivity index (χ4v) is 3.84. The minimum Gasteiger partial charge on any atom is -0.345 e. The molecule has 5 heteroatoms. The van der Waals surface area contributed by atoms with Crippen LogP contribution in [0.1, 0.15) is 35.7 Å². The van der Waals surface area contributed by atoms with Crippen LogP contribution in [0.4, 0.5) is 5.95 Å². The maximum Gasteiger partial charge on any atom is 0.225 e. The summed E-state index contributed by atoms with van der Waals surface area (Å²) in [7, 11) is 0. The van der Waals surface area contributed by atoms with Crippen LogP contribution in [-0.4, -0.2) is 29.0 Å². The van der Waals surface area contributed by atoms with Crippen molar-refractivity contribution in [3.8, 4) is 0 Å². The van der Waals surface area contributed by atoms with E-state index in [1.807, 2.05) is 49.4 Å². The van der Waals surface area contributed by atoms with E-state index < -0.39 is 0 Å². The Morgan fingerprint density at radius 2 is 1.55 bits per heavy atom. The van der Waals surface area contributed by atoms with Crippen LogP contribution >= 0.6 is 0 Å². The second-order valence-corrected chi connectivity index (χ2v) is 7.52. The van der Waals surface area contributed by atoms with Gasteiger partial charge in [0.05, 0.1) is 6.04 Å². The molecule has 2 aromatic carbocycles. The maximum atomic E-state index is 13.1. The number of anilines is 1. The number of carbonyl (C=O) groups is 1. The molecule has 1 N–H and O–H groups in total. The predicted molar refractivity (Wildman–Crippen MR) is 115 cm³/mol. The summed E-state index contributed by atoms with van der Waals surface area (Å²) in [5, 5.41) is 3.29. The summed E-state index contributed by atoms with van der Waals surface area (Å²) in [6.45, 7) is 3.56. The van der Waals surface area contributed by atoms with E-state index in [-0.39, 0.29) is 17.9 Å². The van der Waals surface area contributed by atoms with E-state index in [1.165, 1.54) is 0 Å². The van der Waals surface area contributed by atoms with E-state index in [2.05, 4.69) is 44.5 Å². The zero-order chi connectivity index (χ0) is 20.1. The third kappa shape index (κ3) is 4.62. The molecule has 1 saturated heterocycles. The highest BCUT2D eigenvalue weighted by Crippen LogP contribution is 2.25. The van der Waals surface area contributed by atoms with Crippen LogP contribution < -0.4 is 10.2 Å². The molecule has 0 aliphatic carbocycles. The average molecular weight is 386 g/mol. The van der Waals surface area contributed by atoms with Crippen LogP contribution in [0.15, 0.2) is 72.9 Å². The first-order valence-corrected chi connectivity index (χ1v) is 10.2. The van der Waals surface area contributed by atoms with Crippen LogP contribution in [0.5, 0.6) is 0 Å². The molecule has 4 rings (SSSR count). The third-order valence-electron chi connectivity index (χ3n) is 5.48. The Labute approximate surface area is 171 Å². The molecule has 1 amide bonds. The monoisotopic (exact) mass is 386 g/mol. The molecular formula is C24H26N4O. The molecule has 0 atom stereocenters. The van der Waals surface area contributed by atoms with Crippen LogP contribution in [0.2, 0.25) is 0 Å². The van der Waals surface area contributed by atoms with Crippen LogP contribution in [-0.2, 0) is 4.79 Å². The van der Waals surface area contributed by atoms with Crippen LogP contribution in [0, 0.1) is 12.8 Å². The number of nitrogens with one attached hydrogen (secondary N) is 1. The summed E-state index contributed by atoms with van der Waals surface area (Å²) >= 11 is 0. The summed E-state index contributed by atoms with van der Waals surface area (Å²) in [5.74, 6) is 0.883. The maximum absolute atomic E-state index is 13.1. The lowest BCUT2D eigenvalue weighted by Crippen LogP contribution is -2.42. The van der Waals surface area contributed by atoms with Crippen molar-refractivity contribution in [2.75, 3.05) is 18.0 Å². The van der Waals surface area contributed by atoms with E-state index in [0.29, 0.717) is 0 Å². The number of amides is 1. The van der Waals surface area contributed by atoms with Crippen molar-refractivity contribution in [3.05, 3.63) is 89.7 Å². The van der Waals surface area contributed by atoms with Crippen molar-refractivity contribution >= 4 is 11.9 Å². The topological polar surface area (TPSA) is 58.1 Å². The average Bonchev–Trinajstić information content (AvgIpc) is 2.78. The Bertz CT molecular complexity index is 898. The first-order chi connectivity index (χ1) is 14.2. The smallest absolute Gasteiger partial charge is 0.225 e. The van der Waals surface area contributed by atoms with Gasteiger partial charge in [0.2, 0.25) is 11.9 Å². The van der Waals surface area contributed by atoms with Crippen molar-refractivity contribution < 1.29 is 4.79 Å². The Balaban J connectivity index is 1.44. The van der Waals surface area contributed by atoms with E-state index in [0.717, 1.165) is 48.7 Å². The lowest BCUT2D eigenvalue weighted by molar-refractivity contribution is -0.126. The molecule has 0 saturated carbocycles. The van der Waals surface area contributed by atoms with Crippen molar-refractivity contribution in [1.82, 2.24) is 15.3 Å². The van der Waals surface area contributed by atoms with Crippen molar-refractivity contribution in [3.63, 3.8) is 0 Å². The van der Waals surface area contributed by atoms with Gasteiger partial charge in [0.1, 0.15) is 0 Å². The van der Waals surface area contributed by atoms with Crippen molar-refractivity contribution in [2.24, 2.45) is 5.92 Å². The minimum absolute atomic E-state index is 0.00554. The largest absolute Gasteiger partial charge is 0.345 e. The number of nitrogens with zero attached hydrogens (tertiary/aromatic N) is 3. The van der Waals surface area contributed by atoms with Gasteiger partial charge >= 0.3 is 0 Å². The highest BCUT2D eigenvalue weighted by molar-refractivity contribution is 5.80. The van der Waals surface area contributed by atoms with Crippen molar-refractivity contribution in [2.45, 2.75) is 25.8 Å². The second-order valence-electron chi connectivity index (χ2n) is 7.52. The third-order valence-corrected chi connectivity index (χ3v) is 5.48. The highest BCUT2D eigenvalue weighted by atomic mass is 16.1. The van der Waals surface area contributed by atoms with Gasteiger partial charge in [0.25, 0.3) is 0 Å². The Kier molecular flexibility index (Phi) is 5.84. The number of piperidine rings is 1. The molecule has 0 bridgehead atoms. The molecule has 0 unspecified atom stereocenters. The zero-order valence-electron chi connectivity index (χ0n) is 16.7. The molecule has 1 aliphatic rings. The van der Waals surface area contributed by atoms with Crippen molar-refractivity contribution in [1.29, 1.82) is 0 Å². The molecule has 0 radical (unpaired) electrons. The molecular weight excluding hydrogens is 360 g/mol. The summed E-state index contributed by atoms with van der Waals surface area (Å²) in [4.78, 5) is 24.1. The highest BCUT2D eigenvalue weighted by Gasteiger charge is 2.28. The normalized spacial score (nSPS) is 14.8. The summed E-state index contributed by atoms with van der Waals surface area (Å²) in [6, 6.07) is 22.1. The van der Waals surface area contributed by atoms with E-state index in [1.54, 1.807) is 6.20 Å². The molecule has 5 nitrogen and oxygen atoms in total. The van der Waals surface area contributed by atoms with Gasteiger partial charge in [-0.25, -0.2) is 9.97 Å². The molecule has 29 heavy (non-hydrogen) atoms. The molecule has 2 heterocycles. The van der Waals surface area contributed by atoms with Crippen LogP contribution in [0.25, 0.3) is 0 Å². The summed E-state index contributed by atoms with van der Waals surface area (Å²) in [6.07, 6.45) is 3.40. The molecule has 1 aromatic heterocycles. The standard InChI is InChI=1S/C24H26N4O/c1-18-12-15-25-24(26-18)28-16-13-21(14-17-28)23(29)27-22(19-8-4-2-5-9-19)20-10-6-3-7-11-20/h2-12,15,21-22H,13-14,16-17H2,1H3,(H,27,29). The Morgan fingerprint density at radius 3 is 2.10 bits per heavy atom. The molecule has 1 fully saturated rings. The number of carbonyl (C=O) groups excluding carboxylic acids is 1. The van der Waals surface area contributed by atoms with Gasteiger partial charge in [-0.05, 0) is 37.0 Å². The fraction of sp³-hybridized carbons (Fsp3) is 0.292. The summed E-state index contributed by atoms with van der Waals surface area (Å²) < 4.78 is 0. The lowest BCUT2D eigenvalue weighted by Gasteiger charge is -2.32. The minimum atomic E-state index is -0.136. The predicted octanol–water partition coefficient (Wildman–Crippen LogP) is 3.91. The molecule has 1 aliphatic heterocycles. The SMILES string of the molecule is Cc1ccnc(N2CCC(C(=O)NC(c3ccccc3)c3ccccc3)CC2)n1. The zero-order valence-corrected chi connectivity index (χ0v) is 16.7. The number of hydrogen-bond donors (Lipinski definition) is 1. The molecule has 3 aromatic rings. The molecule has 148 valence electrons. The van der Waals surface area contributed by atoms with E-state index >= 15 is 0 Å². The van der Waals surface area contributed by atoms with Gasteiger partial charge in [-0.1, -0.05) is 60.7 Å². The van der Waals surface area contributed by atoms with Gasteiger partial charge in [-0.2, -0.15) is 0 Å². The van der Waals surface area contributed by atoms with E-state index in [9.17, 15) is 4.79 Å². The number of aryl methyl sites for hydroxylation is 1. The number of aromatic nitrogens is 2. The van der Waals surface area contributed by atoms with Gasteiger partial charge in [0.15, 0.2) is 0 Å². The fourth-order valence-electron chi connectivity index (χ4n) is 3.84. The first kappa shape index (κ1) is 19.1. The number of hydrogen-bond acceptors (Lipinski definition) is 4. The quantitative estimate of drug-likeness (QED) is 0.722. The Hall–Kier alpha value is -3.21. The first-order valence-electron chi connectivity index (χ1n) is 10.2. The molecule has 0 spiro atoms. The lowest BCUT2D eigenvalue weighted by atomic mass is 9.93. The van der Waals surface area contributed by atoms with E-state index in [4.69, 9.17) is 0 Å². The van der Waals surface area contributed by atoms with Gasteiger partial charge in [-0.15, -0.1) is 0 Å². The Morgan fingerprint density at radius 1 is 0.966 bits per heavy atom.